The van der Waals surface area contributed by atoms with E-state index in [2.05, 4.69) is 10.2 Å². The lowest BCUT2D eigenvalue weighted by atomic mass is 10.1. The van der Waals surface area contributed by atoms with Crippen LogP contribution in [0.3, 0.4) is 0 Å². The van der Waals surface area contributed by atoms with E-state index in [-0.39, 0.29) is 6.04 Å². The standard InChI is InChI=1S/C10H8ClN3O/c11-10-13-12-6-14(10)8-5-15-9-4-2-1-3-7(8)9/h1-4,6,8H,5H2. The molecule has 5 heteroatoms. The molecule has 0 radical (unpaired) electrons. The fourth-order valence-corrected chi connectivity index (χ4v) is 2.02. The molecule has 1 atom stereocenters. The number of rotatable bonds is 1. The average Bonchev–Trinajstić information content (AvgIpc) is 2.83. The summed E-state index contributed by atoms with van der Waals surface area (Å²) in [6.45, 7) is 0.580. The summed E-state index contributed by atoms with van der Waals surface area (Å²) in [5.74, 6) is 0.910. The minimum Gasteiger partial charge on any atom is -0.491 e. The molecule has 4 nitrogen and oxygen atoms in total. The van der Waals surface area contributed by atoms with Crippen molar-refractivity contribution >= 4 is 11.6 Å². The van der Waals surface area contributed by atoms with Crippen molar-refractivity contribution in [2.45, 2.75) is 6.04 Å². The molecule has 0 bridgehead atoms. The topological polar surface area (TPSA) is 39.9 Å². The molecule has 0 amide bonds. The monoisotopic (exact) mass is 221 g/mol. The largest absolute Gasteiger partial charge is 0.491 e. The highest BCUT2D eigenvalue weighted by atomic mass is 35.5. The van der Waals surface area contributed by atoms with Crippen LogP contribution >= 0.6 is 11.6 Å². The lowest BCUT2D eigenvalue weighted by Gasteiger charge is -2.09. The molecule has 0 aliphatic carbocycles. The van der Waals surface area contributed by atoms with E-state index in [0.29, 0.717) is 11.9 Å². The smallest absolute Gasteiger partial charge is 0.225 e. The van der Waals surface area contributed by atoms with E-state index < -0.39 is 0 Å². The van der Waals surface area contributed by atoms with Gasteiger partial charge in [0.25, 0.3) is 0 Å². The maximum absolute atomic E-state index is 5.92. The van der Waals surface area contributed by atoms with Gasteiger partial charge in [-0.2, -0.15) is 0 Å². The van der Waals surface area contributed by atoms with Gasteiger partial charge in [0.1, 0.15) is 24.7 Å². The van der Waals surface area contributed by atoms with Crippen LogP contribution in [0.25, 0.3) is 0 Å². The highest BCUT2D eigenvalue weighted by Gasteiger charge is 2.26. The van der Waals surface area contributed by atoms with E-state index in [4.69, 9.17) is 16.3 Å². The summed E-state index contributed by atoms with van der Waals surface area (Å²) in [5, 5.41) is 7.91. The zero-order valence-electron chi connectivity index (χ0n) is 7.80. The molecular weight excluding hydrogens is 214 g/mol. The molecule has 0 spiro atoms. The Morgan fingerprint density at radius 2 is 2.27 bits per heavy atom. The van der Waals surface area contributed by atoms with E-state index >= 15 is 0 Å². The Morgan fingerprint density at radius 1 is 1.40 bits per heavy atom. The van der Waals surface area contributed by atoms with Crippen molar-refractivity contribution in [3.05, 3.63) is 41.4 Å². The van der Waals surface area contributed by atoms with Gasteiger partial charge in [-0.1, -0.05) is 18.2 Å². The first-order valence-electron chi connectivity index (χ1n) is 4.63. The second kappa shape index (κ2) is 3.24. The molecule has 0 fully saturated rings. The second-order valence-corrected chi connectivity index (χ2v) is 3.71. The summed E-state index contributed by atoms with van der Waals surface area (Å²) >= 11 is 5.92. The third-order valence-electron chi connectivity index (χ3n) is 2.54. The quantitative estimate of drug-likeness (QED) is 0.739. The number of halogens is 1. The molecule has 1 unspecified atom stereocenters. The summed E-state index contributed by atoms with van der Waals surface area (Å²) < 4.78 is 7.37. The molecule has 0 N–H and O–H groups in total. The molecule has 1 aliphatic rings. The van der Waals surface area contributed by atoms with E-state index in [0.717, 1.165) is 11.3 Å². The highest BCUT2D eigenvalue weighted by Crippen LogP contribution is 2.35. The van der Waals surface area contributed by atoms with Crippen molar-refractivity contribution in [1.29, 1.82) is 0 Å². The number of benzene rings is 1. The number of hydrogen-bond donors (Lipinski definition) is 0. The fourth-order valence-electron chi connectivity index (χ4n) is 1.81. The number of nitrogens with zero attached hydrogens (tertiary/aromatic N) is 3. The summed E-state index contributed by atoms with van der Waals surface area (Å²) in [6.07, 6.45) is 1.62. The Bertz CT molecular complexity index is 497. The molecule has 3 rings (SSSR count). The highest BCUT2D eigenvalue weighted by molar-refractivity contribution is 6.28. The molecule has 15 heavy (non-hydrogen) atoms. The predicted octanol–water partition coefficient (Wildman–Crippen LogP) is 1.91. The van der Waals surface area contributed by atoms with Gasteiger partial charge in [0.15, 0.2) is 0 Å². The van der Waals surface area contributed by atoms with Crippen molar-refractivity contribution in [2.24, 2.45) is 0 Å². The molecular formula is C10H8ClN3O. The number of hydrogen-bond acceptors (Lipinski definition) is 3. The van der Waals surface area contributed by atoms with E-state index in [9.17, 15) is 0 Å². The second-order valence-electron chi connectivity index (χ2n) is 3.37. The van der Waals surface area contributed by atoms with Crippen molar-refractivity contribution in [3.63, 3.8) is 0 Å². The number of ether oxygens (including phenoxy) is 1. The van der Waals surface area contributed by atoms with Gasteiger partial charge in [0.2, 0.25) is 5.28 Å². The molecule has 0 saturated carbocycles. The van der Waals surface area contributed by atoms with Gasteiger partial charge in [0, 0.05) is 5.56 Å². The Hall–Kier alpha value is -1.55. The Balaban J connectivity index is 2.08. The minimum absolute atomic E-state index is 0.0868. The van der Waals surface area contributed by atoms with Crippen molar-refractivity contribution in [2.75, 3.05) is 6.61 Å². The van der Waals surface area contributed by atoms with Gasteiger partial charge in [-0.15, -0.1) is 10.2 Å². The van der Waals surface area contributed by atoms with Crippen LogP contribution in [0, 0.1) is 0 Å². The summed E-state index contributed by atoms with van der Waals surface area (Å²) in [6, 6.07) is 8.01. The van der Waals surface area contributed by atoms with Gasteiger partial charge in [-0.25, -0.2) is 0 Å². The van der Waals surface area contributed by atoms with Crippen LogP contribution in [0.1, 0.15) is 11.6 Å². The number of para-hydroxylation sites is 1. The van der Waals surface area contributed by atoms with E-state index in [1.807, 2.05) is 28.8 Å². The van der Waals surface area contributed by atoms with Crippen molar-refractivity contribution in [1.82, 2.24) is 14.8 Å². The normalized spacial score (nSPS) is 18.6. The zero-order chi connectivity index (χ0) is 10.3. The van der Waals surface area contributed by atoms with Crippen LogP contribution < -0.4 is 4.74 Å². The third-order valence-corrected chi connectivity index (χ3v) is 2.81. The molecule has 2 heterocycles. The molecule has 1 aromatic heterocycles. The molecule has 2 aromatic rings. The zero-order valence-corrected chi connectivity index (χ0v) is 8.55. The number of fused-ring (bicyclic) bond motifs is 1. The maximum atomic E-state index is 5.92. The van der Waals surface area contributed by atoms with Crippen LogP contribution in [-0.4, -0.2) is 21.4 Å². The van der Waals surface area contributed by atoms with E-state index in [1.165, 1.54) is 0 Å². The Morgan fingerprint density at radius 3 is 3.07 bits per heavy atom. The first kappa shape index (κ1) is 8.73. The van der Waals surface area contributed by atoms with Crippen molar-refractivity contribution < 1.29 is 4.74 Å². The lowest BCUT2D eigenvalue weighted by molar-refractivity contribution is 0.316. The first-order chi connectivity index (χ1) is 7.36. The SMILES string of the molecule is Clc1nncn1C1COc2ccccc21. The molecule has 1 aromatic carbocycles. The first-order valence-corrected chi connectivity index (χ1v) is 5.01. The molecule has 1 aliphatic heterocycles. The molecule has 76 valence electrons. The summed E-state index contributed by atoms with van der Waals surface area (Å²) in [4.78, 5) is 0. The van der Waals surface area contributed by atoms with Crippen LogP contribution in [0.4, 0.5) is 0 Å². The lowest BCUT2D eigenvalue weighted by Crippen LogP contribution is -2.11. The predicted molar refractivity (Wildman–Crippen MR) is 55.1 cm³/mol. The average molecular weight is 222 g/mol. The van der Waals surface area contributed by atoms with Gasteiger partial charge < -0.3 is 4.74 Å². The third kappa shape index (κ3) is 1.29. The minimum atomic E-state index is 0.0868. The van der Waals surface area contributed by atoms with Gasteiger partial charge >= 0.3 is 0 Å². The molecule has 0 saturated heterocycles. The Kier molecular flexibility index (Phi) is 1.89. The Labute approximate surface area is 91.5 Å². The van der Waals surface area contributed by atoms with Crippen LogP contribution in [0.2, 0.25) is 5.28 Å². The van der Waals surface area contributed by atoms with Crippen molar-refractivity contribution in [3.8, 4) is 5.75 Å². The summed E-state index contributed by atoms with van der Waals surface area (Å²) in [7, 11) is 0. The number of aromatic nitrogens is 3. The van der Waals surface area contributed by atoms with Crippen LogP contribution in [0.15, 0.2) is 30.6 Å². The van der Waals surface area contributed by atoms with Crippen LogP contribution in [-0.2, 0) is 0 Å². The fraction of sp³-hybridized carbons (Fsp3) is 0.200. The van der Waals surface area contributed by atoms with Crippen LogP contribution in [0.5, 0.6) is 5.75 Å². The maximum Gasteiger partial charge on any atom is 0.225 e. The van der Waals surface area contributed by atoms with Gasteiger partial charge in [0.05, 0.1) is 0 Å². The summed E-state index contributed by atoms with van der Waals surface area (Å²) in [5.41, 5.74) is 1.12. The van der Waals surface area contributed by atoms with Gasteiger partial charge in [-0.05, 0) is 17.7 Å². The van der Waals surface area contributed by atoms with E-state index in [1.54, 1.807) is 6.33 Å². The van der Waals surface area contributed by atoms with Gasteiger partial charge in [-0.3, -0.25) is 4.57 Å².